The number of hydrogen-bond acceptors (Lipinski definition) is 2. The Kier molecular flexibility index (Phi) is 4.89. The first kappa shape index (κ1) is 14.4. The van der Waals surface area contributed by atoms with Gasteiger partial charge in [0.05, 0.1) is 0 Å². The molecule has 0 amide bonds. The zero-order valence-corrected chi connectivity index (χ0v) is 10.5. The molecule has 0 spiro atoms. The molecule has 0 radical (unpaired) electrons. The molecule has 1 aromatic rings. The normalized spacial score (nSPS) is 11.6. The third-order valence-electron chi connectivity index (χ3n) is 2.07. The number of benzene rings is 1. The van der Waals surface area contributed by atoms with E-state index in [1.165, 1.54) is 18.2 Å². The maximum Gasteiger partial charge on any atom is 0.446 e. The summed E-state index contributed by atoms with van der Waals surface area (Å²) >= 11 is 5.37. The van der Waals surface area contributed by atoms with E-state index in [-0.39, 0.29) is 28.3 Å². The first-order valence-electron chi connectivity index (χ1n) is 4.85. The molecule has 0 aliphatic rings. The minimum absolute atomic E-state index is 0.0418. The first-order valence-corrected chi connectivity index (χ1v) is 6.20. The smallest absolute Gasteiger partial charge is 0.294 e. The van der Waals surface area contributed by atoms with E-state index in [9.17, 15) is 18.0 Å². The van der Waals surface area contributed by atoms with Gasteiger partial charge in [0.1, 0.15) is 0 Å². The Morgan fingerprint density at radius 2 is 2.06 bits per heavy atom. The molecule has 17 heavy (non-hydrogen) atoms. The van der Waals surface area contributed by atoms with Gasteiger partial charge in [0.15, 0.2) is 5.78 Å². The molecule has 0 heterocycles. The van der Waals surface area contributed by atoms with Gasteiger partial charge in [-0.05, 0) is 29.5 Å². The maximum absolute atomic E-state index is 12.2. The number of rotatable bonds is 4. The number of Topliss-reactive ketones (excluding diaryl/α,β-unsaturated/α-hetero) is 1. The summed E-state index contributed by atoms with van der Waals surface area (Å²) < 4.78 is 36.7. The van der Waals surface area contributed by atoms with Gasteiger partial charge in [-0.3, -0.25) is 4.79 Å². The summed E-state index contributed by atoms with van der Waals surface area (Å²) in [4.78, 5) is 11.4. The fourth-order valence-corrected chi connectivity index (χ4v) is 2.23. The quantitative estimate of drug-likeness (QED) is 0.455. The van der Waals surface area contributed by atoms with E-state index in [2.05, 4.69) is 0 Å². The Morgan fingerprint density at radius 3 is 2.53 bits per heavy atom. The lowest BCUT2D eigenvalue weighted by molar-refractivity contribution is -0.0328. The SMILES string of the molecule is CCC(=O)c1ccc(SC(F)(F)F)c(CCl)c1. The third-order valence-corrected chi connectivity index (χ3v) is 3.21. The minimum Gasteiger partial charge on any atom is -0.294 e. The first-order chi connectivity index (χ1) is 7.87. The molecule has 94 valence electrons. The second kappa shape index (κ2) is 5.78. The number of ketones is 1. The summed E-state index contributed by atoms with van der Waals surface area (Å²) in [5, 5.41) is 0. The zero-order valence-electron chi connectivity index (χ0n) is 8.97. The van der Waals surface area contributed by atoms with Crippen LogP contribution in [0.25, 0.3) is 0 Å². The van der Waals surface area contributed by atoms with Crippen LogP contribution in [0.5, 0.6) is 0 Å². The molecule has 0 saturated heterocycles. The fourth-order valence-electron chi connectivity index (χ4n) is 1.29. The number of thioether (sulfide) groups is 1. The largest absolute Gasteiger partial charge is 0.446 e. The van der Waals surface area contributed by atoms with Gasteiger partial charge in [0, 0.05) is 22.8 Å². The molecule has 0 unspecified atom stereocenters. The van der Waals surface area contributed by atoms with E-state index in [1.807, 2.05) is 0 Å². The van der Waals surface area contributed by atoms with Crippen LogP contribution in [0.1, 0.15) is 29.3 Å². The molecular formula is C11H10ClF3OS. The number of alkyl halides is 4. The predicted octanol–water partition coefficient (Wildman–Crippen LogP) is 4.63. The van der Waals surface area contributed by atoms with Crippen LogP contribution in [0.2, 0.25) is 0 Å². The number of halogens is 4. The van der Waals surface area contributed by atoms with Crippen LogP contribution in [0.3, 0.4) is 0 Å². The van der Waals surface area contributed by atoms with Crippen molar-refractivity contribution in [3.63, 3.8) is 0 Å². The third kappa shape index (κ3) is 4.24. The molecule has 0 aliphatic carbocycles. The van der Waals surface area contributed by atoms with E-state index in [0.29, 0.717) is 17.5 Å². The Balaban J connectivity index is 3.05. The van der Waals surface area contributed by atoms with Gasteiger partial charge in [-0.15, -0.1) is 11.6 Å². The van der Waals surface area contributed by atoms with E-state index < -0.39 is 5.51 Å². The summed E-state index contributed by atoms with van der Waals surface area (Å²) in [6.07, 6.45) is 0.313. The van der Waals surface area contributed by atoms with Crippen LogP contribution in [-0.4, -0.2) is 11.3 Å². The van der Waals surface area contributed by atoms with Crippen LogP contribution in [0, 0.1) is 0 Å². The summed E-state index contributed by atoms with van der Waals surface area (Å²) in [6, 6.07) is 4.11. The fraction of sp³-hybridized carbons (Fsp3) is 0.364. The summed E-state index contributed by atoms with van der Waals surface area (Å²) in [6.45, 7) is 1.70. The van der Waals surface area contributed by atoms with Crippen molar-refractivity contribution in [2.24, 2.45) is 0 Å². The highest BCUT2D eigenvalue weighted by atomic mass is 35.5. The zero-order chi connectivity index (χ0) is 13.1. The molecule has 1 rings (SSSR count). The lowest BCUT2D eigenvalue weighted by atomic mass is 10.1. The highest BCUT2D eigenvalue weighted by Gasteiger charge is 2.30. The average Bonchev–Trinajstić information content (AvgIpc) is 2.26. The number of carbonyl (C=O) groups is 1. The van der Waals surface area contributed by atoms with Crippen molar-refractivity contribution in [3.05, 3.63) is 29.3 Å². The molecule has 6 heteroatoms. The number of hydrogen-bond donors (Lipinski definition) is 0. The molecule has 1 aromatic carbocycles. The molecular weight excluding hydrogens is 273 g/mol. The number of carbonyl (C=O) groups excluding carboxylic acids is 1. The standard InChI is InChI=1S/C11H10ClF3OS/c1-2-9(16)7-3-4-10(8(5-7)6-12)17-11(13,14)15/h3-5H,2,6H2,1H3. The van der Waals surface area contributed by atoms with Gasteiger partial charge in [-0.1, -0.05) is 13.0 Å². The van der Waals surface area contributed by atoms with Crippen molar-refractivity contribution < 1.29 is 18.0 Å². The summed E-state index contributed by atoms with van der Waals surface area (Å²) in [5.41, 5.74) is -3.63. The van der Waals surface area contributed by atoms with Gasteiger partial charge in [0.2, 0.25) is 0 Å². The molecule has 0 saturated carbocycles. The Hall–Kier alpha value is -0.680. The summed E-state index contributed by atoms with van der Waals surface area (Å²) in [7, 11) is 0. The second-order valence-electron chi connectivity index (χ2n) is 3.28. The van der Waals surface area contributed by atoms with Gasteiger partial charge in [0.25, 0.3) is 0 Å². The lowest BCUT2D eigenvalue weighted by Crippen LogP contribution is -2.03. The van der Waals surface area contributed by atoms with Crippen molar-refractivity contribution in [2.75, 3.05) is 0 Å². The molecule has 0 aromatic heterocycles. The van der Waals surface area contributed by atoms with Gasteiger partial charge in [-0.25, -0.2) is 0 Å². The van der Waals surface area contributed by atoms with E-state index in [1.54, 1.807) is 6.92 Å². The molecule has 0 aliphatic heterocycles. The molecule has 0 N–H and O–H groups in total. The average molecular weight is 283 g/mol. The second-order valence-corrected chi connectivity index (χ2v) is 4.65. The van der Waals surface area contributed by atoms with Gasteiger partial charge in [-0.2, -0.15) is 13.2 Å². The Bertz CT molecular complexity index is 418. The highest BCUT2D eigenvalue weighted by Crippen LogP contribution is 2.39. The van der Waals surface area contributed by atoms with E-state index >= 15 is 0 Å². The molecule has 0 fully saturated rings. The van der Waals surface area contributed by atoms with Gasteiger partial charge >= 0.3 is 5.51 Å². The van der Waals surface area contributed by atoms with Crippen molar-refractivity contribution in [2.45, 2.75) is 29.6 Å². The topological polar surface area (TPSA) is 17.1 Å². The van der Waals surface area contributed by atoms with E-state index in [0.717, 1.165) is 0 Å². The monoisotopic (exact) mass is 282 g/mol. The van der Waals surface area contributed by atoms with Crippen LogP contribution >= 0.6 is 23.4 Å². The van der Waals surface area contributed by atoms with Crippen molar-refractivity contribution >= 4 is 29.1 Å². The molecule has 1 nitrogen and oxygen atoms in total. The Morgan fingerprint density at radius 1 is 1.41 bits per heavy atom. The van der Waals surface area contributed by atoms with Crippen LogP contribution in [0.15, 0.2) is 23.1 Å². The van der Waals surface area contributed by atoms with Crippen molar-refractivity contribution in [1.29, 1.82) is 0 Å². The highest BCUT2D eigenvalue weighted by molar-refractivity contribution is 8.00. The predicted molar refractivity (Wildman–Crippen MR) is 62.5 cm³/mol. The lowest BCUT2D eigenvalue weighted by Gasteiger charge is -2.10. The maximum atomic E-state index is 12.2. The molecule has 0 atom stereocenters. The Labute approximate surface area is 106 Å². The minimum atomic E-state index is -4.35. The summed E-state index contributed by atoms with van der Waals surface area (Å²) in [5.74, 6) is -0.164. The van der Waals surface area contributed by atoms with Crippen molar-refractivity contribution in [1.82, 2.24) is 0 Å². The van der Waals surface area contributed by atoms with Crippen LogP contribution in [-0.2, 0) is 5.88 Å². The van der Waals surface area contributed by atoms with E-state index in [4.69, 9.17) is 11.6 Å². The van der Waals surface area contributed by atoms with Crippen LogP contribution in [0.4, 0.5) is 13.2 Å². The van der Waals surface area contributed by atoms with Crippen molar-refractivity contribution in [3.8, 4) is 0 Å². The molecule has 0 bridgehead atoms. The van der Waals surface area contributed by atoms with Gasteiger partial charge < -0.3 is 0 Å². The van der Waals surface area contributed by atoms with Crippen LogP contribution < -0.4 is 0 Å².